The van der Waals surface area contributed by atoms with Gasteiger partial charge in [0.25, 0.3) is 0 Å². The van der Waals surface area contributed by atoms with Gasteiger partial charge in [0.1, 0.15) is 0 Å². The van der Waals surface area contributed by atoms with E-state index in [1.165, 1.54) is 11.1 Å². The molecule has 3 heteroatoms. The number of aryl methyl sites for hydroxylation is 1. The molecule has 0 heterocycles. The molecule has 3 nitrogen and oxygen atoms in total. The normalized spacial score (nSPS) is 10.5. The van der Waals surface area contributed by atoms with Gasteiger partial charge in [-0.2, -0.15) is 0 Å². The van der Waals surface area contributed by atoms with E-state index in [2.05, 4.69) is 42.7 Å². The van der Waals surface area contributed by atoms with E-state index in [1.807, 2.05) is 37.3 Å². The third-order valence-corrected chi connectivity index (χ3v) is 3.71. The van der Waals surface area contributed by atoms with Gasteiger partial charge in [-0.15, -0.1) is 0 Å². The Morgan fingerprint density at radius 3 is 2.45 bits per heavy atom. The molecular weight excluding hydrogens is 272 g/mol. The fourth-order valence-electron chi connectivity index (χ4n) is 2.47. The minimum Gasteiger partial charge on any atom is -0.338 e. The van der Waals surface area contributed by atoms with Crippen molar-refractivity contribution in [3.05, 3.63) is 65.2 Å². The largest absolute Gasteiger partial charge is 0.338 e. The molecule has 0 aromatic heterocycles. The van der Waals surface area contributed by atoms with Gasteiger partial charge in [-0.1, -0.05) is 62.4 Å². The molecule has 0 unspecified atom stereocenters. The lowest BCUT2D eigenvalue weighted by molar-refractivity contribution is 0.252. The molecule has 2 rings (SSSR count). The molecule has 0 saturated carbocycles. The highest BCUT2D eigenvalue weighted by atomic mass is 16.2. The Kier molecular flexibility index (Phi) is 5.59. The molecule has 2 aromatic carbocycles. The number of anilines is 1. The van der Waals surface area contributed by atoms with Crippen LogP contribution in [-0.2, 0) is 6.42 Å². The number of hydrogen-bond acceptors (Lipinski definition) is 1. The summed E-state index contributed by atoms with van der Waals surface area (Å²) in [7, 11) is 0. The fourth-order valence-corrected chi connectivity index (χ4v) is 2.47. The molecule has 0 atom stereocenters. The lowest BCUT2D eigenvalue weighted by Gasteiger charge is -2.16. The van der Waals surface area contributed by atoms with Crippen LogP contribution < -0.4 is 10.6 Å². The third-order valence-electron chi connectivity index (χ3n) is 3.71. The number of rotatable bonds is 5. The smallest absolute Gasteiger partial charge is 0.319 e. The first-order valence-electron chi connectivity index (χ1n) is 7.76. The molecule has 0 fully saturated rings. The number of para-hydroxylation sites is 1. The standard InChI is InChI=1S/C19H24N2O/c1-14(2)17-11-7-8-15(3)18(17)21-19(22)20-13-12-16-9-5-4-6-10-16/h4-11,14H,12-13H2,1-3H3,(H2,20,21,22). The van der Waals surface area contributed by atoms with Crippen LogP contribution in [0.15, 0.2) is 48.5 Å². The van der Waals surface area contributed by atoms with Crippen molar-refractivity contribution in [2.45, 2.75) is 33.1 Å². The fraction of sp³-hybridized carbons (Fsp3) is 0.316. The van der Waals surface area contributed by atoms with E-state index in [0.717, 1.165) is 17.7 Å². The summed E-state index contributed by atoms with van der Waals surface area (Å²) in [5.41, 5.74) is 4.40. The van der Waals surface area contributed by atoms with Crippen molar-refractivity contribution < 1.29 is 4.79 Å². The maximum atomic E-state index is 12.1. The number of carbonyl (C=O) groups is 1. The topological polar surface area (TPSA) is 41.1 Å². The molecule has 0 spiro atoms. The first-order valence-corrected chi connectivity index (χ1v) is 7.76. The minimum absolute atomic E-state index is 0.146. The van der Waals surface area contributed by atoms with Crippen LogP contribution in [-0.4, -0.2) is 12.6 Å². The molecular formula is C19H24N2O. The first-order chi connectivity index (χ1) is 10.6. The highest BCUT2D eigenvalue weighted by Crippen LogP contribution is 2.27. The second-order valence-corrected chi connectivity index (χ2v) is 5.81. The average Bonchev–Trinajstić information content (AvgIpc) is 2.50. The summed E-state index contributed by atoms with van der Waals surface area (Å²) >= 11 is 0. The second-order valence-electron chi connectivity index (χ2n) is 5.81. The summed E-state index contributed by atoms with van der Waals surface area (Å²) in [5.74, 6) is 0.375. The molecule has 0 aliphatic carbocycles. The number of carbonyl (C=O) groups excluding carboxylic acids is 1. The van der Waals surface area contributed by atoms with Gasteiger partial charge in [0, 0.05) is 12.2 Å². The molecule has 0 bridgehead atoms. The number of hydrogen-bond donors (Lipinski definition) is 2. The summed E-state index contributed by atoms with van der Waals surface area (Å²) < 4.78 is 0. The van der Waals surface area contributed by atoms with Gasteiger partial charge < -0.3 is 10.6 Å². The predicted molar refractivity (Wildman–Crippen MR) is 92.4 cm³/mol. The van der Waals surface area contributed by atoms with E-state index in [0.29, 0.717) is 12.5 Å². The molecule has 0 saturated heterocycles. The van der Waals surface area contributed by atoms with Crippen LogP contribution in [0.25, 0.3) is 0 Å². The monoisotopic (exact) mass is 296 g/mol. The van der Waals surface area contributed by atoms with Gasteiger partial charge >= 0.3 is 6.03 Å². The zero-order valence-electron chi connectivity index (χ0n) is 13.5. The van der Waals surface area contributed by atoms with Crippen molar-refractivity contribution >= 4 is 11.7 Å². The van der Waals surface area contributed by atoms with E-state index < -0.39 is 0 Å². The summed E-state index contributed by atoms with van der Waals surface area (Å²) in [6, 6.07) is 16.1. The number of nitrogens with one attached hydrogen (secondary N) is 2. The maximum Gasteiger partial charge on any atom is 0.319 e. The van der Waals surface area contributed by atoms with Crippen molar-refractivity contribution in [3.63, 3.8) is 0 Å². The SMILES string of the molecule is Cc1cccc(C(C)C)c1NC(=O)NCCc1ccccc1. The average molecular weight is 296 g/mol. The van der Waals surface area contributed by atoms with E-state index in [4.69, 9.17) is 0 Å². The summed E-state index contributed by atoms with van der Waals surface area (Å²) in [5, 5.41) is 5.92. The van der Waals surface area contributed by atoms with Gasteiger partial charge in [-0.05, 0) is 36.0 Å². The summed E-state index contributed by atoms with van der Waals surface area (Å²) in [6.45, 7) is 6.91. The number of amides is 2. The molecule has 2 aromatic rings. The summed E-state index contributed by atoms with van der Waals surface area (Å²) in [4.78, 5) is 12.1. The zero-order chi connectivity index (χ0) is 15.9. The Hall–Kier alpha value is -2.29. The van der Waals surface area contributed by atoms with Gasteiger partial charge in [-0.3, -0.25) is 0 Å². The Bertz CT molecular complexity index is 621. The van der Waals surface area contributed by atoms with Crippen LogP contribution in [0.1, 0.15) is 36.5 Å². The Morgan fingerprint density at radius 1 is 1.05 bits per heavy atom. The molecule has 22 heavy (non-hydrogen) atoms. The van der Waals surface area contributed by atoms with Crippen molar-refractivity contribution in [2.24, 2.45) is 0 Å². The van der Waals surface area contributed by atoms with E-state index >= 15 is 0 Å². The van der Waals surface area contributed by atoms with Gasteiger partial charge in [0.05, 0.1) is 0 Å². The highest BCUT2D eigenvalue weighted by molar-refractivity contribution is 5.91. The predicted octanol–water partition coefficient (Wildman–Crippen LogP) is 4.48. The number of benzene rings is 2. The molecule has 116 valence electrons. The lowest BCUT2D eigenvalue weighted by Crippen LogP contribution is -2.31. The highest BCUT2D eigenvalue weighted by Gasteiger charge is 2.11. The van der Waals surface area contributed by atoms with Crippen LogP contribution in [0.2, 0.25) is 0 Å². The van der Waals surface area contributed by atoms with Crippen LogP contribution in [0.4, 0.5) is 10.5 Å². The summed E-state index contributed by atoms with van der Waals surface area (Å²) in [6.07, 6.45) is 0.832. The van der Waals surface area contributed by atoms with Gasteiger partial charge in [-0.25, -0.2) is 4.79 Å². The number of urea groups is 1. The van der Waals surface area contributed by atoms with E-state index in [1.54, 1.807) is 0 Å². The lowest BCUT2D eigenvalue weighted by atomic mass is 9.98. The van der Waals surface area contributed by atoms with Gasteiger partial charge in [0.15, 0.2) is 0 Å². The molecule has 0 aliphatic rings. The van der Waals surface area contributed by atoms with Crippen molar-refractivity contribution in [2.75, 3.05) is 11.9 Å². The Morgan fingerprint density at radius 2 is 1.77 bits per heavy atom. The minimum atomic E-state index is -0.146. The van der Waals surface area contributed by atoms with E-state index in [-0.39, 0.29) is 6.03 Å². The Labute approximate surface area is 132 Å². The van der Waals surface area contributed by atoms with Crippen LogP contribution >= 0.6 is 0 Å². The van der Waals surface area contributed by atoms with Crippen molar-refractivity contribution in [3.8, 4) is 0 Å². The molecule has 2 N–H and O–H groups in total. The maximum absolute atomic E-state index is 12.1. The van der Waals surface area contributed by atoms with Crippen LogP contribution in [0.3, 0.4) is 0 Å². The molecule has 0 aliphatic heterocycles. The van der Waals surface area contributed by atoms with Crippen molar-refractivity contribution in [1.82, 2.24) is 5.32 Å². The van der Waals surface area contributed by atoms with Crippen molar-refractivity contribution in [1.29, 1.82) is 0 Å². The van der Waals surface area contributed by atoms with E-state index in [9.17, 15) is 4.79 Å². The Balaban J connectivity index is 1.92. The third kappa shape index (κ3) is 4.35. The van der Waals surface area contributed by atoms with Crippen LogP contribution in [0, 0.1) is 6.92 Å². The first kappa shape index (κ1) is 16.1. The molecule has 0 radical (unpaired) electrons. The zero-order valence-corrected chi connectivity index (χ0v) is 13.5. The molecule has 2 amide bonds. The van der Waals surface area contributed by atoms with Gasteiger partial charge in [0.2, 0.25) is 0 Å². The quantitative estimate of drug-likeness (QED) is 0.839. The van der Waals surface area contributed by atoms with Crippen LogP contribution in [0.5, 0.6) is 0 Å². The second kappa shape index (κ2) is 7.64.